The van der Waals surface area contributed by atoms with Crippen LogP contribution in [-0.4, -0.2) is 4.98 Å². The molecule has 86 valence electrons. The van der Waals surface area contributed by atoms with Crippen LogP contribution in [0, 0.1) is 22.7 Å². The van der Waals surface area contributed by atoms with Crippen molar-refractivity contribution in [2.24, 2.45) is 0 Å². The lowest BCUT2D eigenvalue weighted by molar-refractivity contribution is 1.28. The Kier molecular flexibility index (Phi) is 3.14. The molecule has 0 saturated carbocycles. The molecule has 1 aromatic carbocycles. The lowest BCUT2D eigenvalue weighted by Crippen LogP contribution is -2.00. The number of aromatic nitrogens is 1. The second-order valence-electron chi connectivity index (χ2n) is 3.51. The number of nitrogen functional groups attached to an aromatic ring is 1. The third-order valence-corrected chi connectivity index (χ3v) is 2.81. The molecular weight excluding hydrogens is 248 g/mol. The summed E-state index contributed by atoms with van der Waals surface area (Å²) in [6.07, 6.45) is 1.34. The smallest absolute Gasteiger partial charge is 0.104 e. The summed E-state index contributed by atoms with van der Waals surface area (Å²) in [4.78, 5) is 4.10. The molecule has 0 fully saturated rings. The number of pyridine rings is 1. The van der Waals surface area contributed by atoms with Crippen LogP contribution < -0.4 is 5.73 Å². The normalized spacial score (nSPS) is 9.50. The predicted molar refractivity (Wildman–Crippen MR) is 68.5 cm³/mol. The van der Waals surface area contributed by atoms with E-state index >= 15 is 0 Å². The van der Waals surface area contributed by atoms with Gasteiger partial charge in [-0.2, -0.15) is 10.5 Å². The van der Waals surface area contributed by atoms with Gasteiger partial charge in [-0.15, -0.1) is 0 Å². The van der Waals surface area contributed by atoms with Crippen molar-refractivity contribution < 1.29 is 0 Å². The van der Waals surface area contributed by atoms with Crippen molar-refractivity contribution in [1.29, 1.82) is 10.5 Å². The van der Waals surface area contributed by atoms with Gasteiger partial charge in [0.1, 0.15) is 17.7 Å². The highest BCUT2D eigenvalue weighted by Gasteiger charge is 2.15. The molecule has 4 nitrogen and oxygen atoms in total. The molecule has 2 rings (SSSR count). The lowest BCUT2D eigenvalue weighted by atomic mass is 10.0. The Morgan fingerprint density at radius 2 is 1.89 bits per heavy atom. The Hall–Kier alpha value is -2.56. The third kappa shape index (κ3) is 1.86. The number of benzene rings is 1. The van der Waals surface area contributed by atoms with Crippen molar-refractivity contribution in [3.63, 3.8) is 0 Å². The Balaban J connectivity index is 2.76. The first-order valence-electron chi connectivity index (χ1n) is 5.02. The second kappa shape index (κ2) is 4.75. The van der Waals surface area contributed by atoms with Gasteiger partial charge in [0, 0.05) is 11.8 Å². The molecule has 0 amide bonds. The Morgan fingerprint density at radius 3 is 2.50 bits per heavy atom. The average molecular weight is 255 g/mol. The zero-order valence-electron chi connectivity index (χ0n) is 9.18. The molecule has 2 aromatic rings. The van der Waals surface area contributed by atoms with Crippen LogP contribution in [0.15, 0.2) is 30.5 Å². The largest absolute Gasteiger partial charge is 0.396 e. The molecule has 0 atom stereocenters. The Bertz CT molecular complexity index is 695. The summed E-state index contributed by atoms with van der Waals surface area (Å²) in [6.45, 7) is 0. The van der Waals surface area contributed by atoms with Gasteiger partial charge < -0.3 is 5.73 Å². The molecule has 1 aromatic heterocycles. The van der Waals surface area contributed by atoms with Gasteiger partial charge in [0.2, 0.25) is 0 Å². The maximum absolute atomic E-state index is 9.15. The lowest BCUT2D eigenvalue weighted by Gasteiger charge is -2.08. The molecule has 0 radical (unpaired) electrons. The van der Waals surface area contributed by atoms with Gasteiger partial charge >= 0.3 is 0 Å². The topological polar surface area (TPSA) is 86.5 Å². The SMILES string of the molecule is N#Cc1cnc(-c2ccccc2Cl)c(C#N)c1N. The van der Waals surface area contributed by atoms with Crippen LogP contribution in [0.2, 0.25) is 5.02 Å². The standard InChI is InChI=1S/C13H7ClN4/c14-11-4-2-1-3-9(11)13-10(6-16)12(17)8(5-15)7-18-13/h1-4,7H,(H2,17,18). The molecule has 5 heteroatoms. The molecular formula is C13H7ClN4. The molecule has 1 heterocycles. The summed E-state index contributed by atoms with van der Waals surface area (Å²) in [5.74, 6) is 0. The van der Waals surface area contributed by atoms with E-state index in [1.165, 1.54) is 6.20 Å². The highest BCUT2D eigenvalue weighted by Crippen LogP contribution is 2.31. The van der Waals surface area contributed by atoms with Gasteiger partial charge in [-0.3, -0.25) is 4.98 Å². The minimum Gasteiger partial charge on any atom is -0.396 e. The van der Waals surface area contributed by atoms with Crippen LogP contribution in [0.1, 0.15) is 11.1 Å². The van der Waals surface area contributed by atoms with Crippen molar-refractivity contribution in [2.75, 3.05) is 5.73 Å². The van der Waals surface area contributed by atoms with Crippen molar-refractivity contribution >= 4 is 17.3 Å². The number of nitrogens with two attached hydrogens (primary N) is 1. The first-order valence-corrected chi connectivity index (χ1v) is 5.40. The van der Waals surface area contributed by atoms with Crippen LogP contribution in [0.5, 0.6) is 0 Å². The number of nitriles is 2. The monoisotopic (exact) mass is 254 g/mol. The van der Waals surface area contributed by atoms with E-state index in [1.807, 2.05) is 12.1 Å². The highest BCUT2D eigenvalue weighted by molar-refractivity contribution is 6.33. The first kappa shape index (κ1) is 11.9. The first-order chi connectivity index (χ1) is 8.69. The number of nitrogens with zero attached hydrogens (tertiary/aromatic N) is 3. The zero-order valence-corrected chi connectivity index (χ0v) is 9.94. The zero-order chi connectivity index (χ0) is 13.1. The van der Waals surface area contributed by atoms with Crippen LogP contribution in [-0.2, 0) is 0 Å². The van der Waals surface area contributed by atoms with Gasteiger partial charge in [0.05, 0.1) is 22.0 Å². The van der Waals surface area contributed by atoms with Gasteiger partial charge in [-0.1, -0.05) is 29.8 Å². The summed E-state index contributed by atoms with van der Waals surface area (Å²) in [5.41, 5.74) is 7.25. The predicted octanol–water partition coefficient (Wildman–Crippen LogP) is 2.73. The van der Waals surface area contributed by atoms with E-state index < -0.39 is 0 Å². The van der Waals surface area contributed by atoms with E-state index in [0.717, 1.165) is 0 Å². The number of hydrogen-bond acceptors (Lipinski definition) is 4. The summed E-state index contributed by atoms with van der Waals surface area (Å²) < 4.78 is 0. The van der Waals surface area contributed by atoms with Crippen molar-refractivity contribution in [1.82, 2.24) is 4.98 Å². The van der Waals surface area contributed by atoms with Crippen LogP contribution in [0.3, 0.4) is 0 Å². The molecule has 0 saturated heterocycles. The van der Waals surface area contributed by atoms with Gasteiger partial charge in [-0.25, -0.2) is 0 Å². The van der Waals surface area contributed by atoms with E-state index in [0.29, 0.717) is 16.3 Å². The maximum atomic E-state index is 9.15. The van der Waals surface area contributed by atoms with Gasteiger partial charge in [0.15, 0.2) is 0 Å². The summed E-state index contributed by atoms with van der Waals surface area (Å²) in [5, 5.41) is 18.5. The highest BCUT2D eigenvalue weighted by atomic mass is 35.5. The number of anilines is 1. The second-order valence-corrected chi connectivity index (χ2v) is 3.92. The summed E-state index contributed by atoms with van der Waals surface area (Å²) in [6, 6.07) is 10.9. The minimum atomic E-state index is 0.130. The van der Waals surface area contributed by atoms with Gasteiger partial charge in [0.25, 0.3) is 0 Å². The third-order valence-electron chi connectivity index (χ3n) is 2.48. The van der Waals surface area contributed by atoms with Crippen LogP contribution >= 0.6 is 11.6 Å². The maximum Gasteiger partial charge on any atom is 0.104 e. The Labute approximate surface area is 109 Å². The van der Waals surface area contributed by atoms with Crippen molar-refractivity contribution in [3.8, 4) is 23.4 Å². The molecule has 0 aliphatic heterocycles. The van der Waals surface area contributed by atoms with E-state index in [2.05, 4.69) is 4.98 Å². The summed E-state index contributed by atoms with van der Waals surface area (Å²) in [7, 11) is 0. The molecule has 18 heavy (non-hydrogen) atoms. The molecule has 0 aliphatic carbocycles. The molecule has 2 N–H and O–H groups in total. The molecule has 0 aliphatic rings. The molecule has 0 unspecified atom stereocenters. The summed E-state index contributed by atoms with van der Waals surface area (Å²) >= 11 is 6.06. The minimum absolute atomic E-state index is 0.130. The van der Waals surface area contributed by atoms with Crippen molar-refractivity contribution in [2.45, 2.75) is 0 Å². The Morgan fingerprint density at radius 1 is 1.17 bits per heavy atom. The van der Waals surface area contributed by atoms with E-state index in [4.69, 9.17) is 27.9 Å². The van der Waals surface area contributed by atoms with Crippen LogP contribution in [0.25, 0.3) is 11.3 Å². The number of halogens is 1. The quantitative estimate of drug-likeness (QED) is 0.848. The van der Waals surface area contributed by atoms with Crippen LogP contribution in [0.4, 0.5) is 5.69 Å². The fourth-order valence-corrected chi connectivity index (χ4v) is 1.81. The van der Waals surface area contributed by atoms with Crippen molar-refractivity contribution in [3.05, 3.63) is 46.6 Å². The van der Waals surface area contributed by atoms with E-state index in [-0.39, 0.29) is 16.8 Å². The molecule has 0 bridgehead atoms. The average Bonchev–Trinajstić information content (AvgIpc) is 2.39. The fourth-order valence-electron chi connectivity index (χ4n) is 1.59. The fraction of sp³-hybridized carbons (Fsp3) is 0. The number of hydrogen-bond donors (Lipinski definition) is 1. The van der Waals surface area contributed by atoms with E-state index in [9.17, 15) is 0 Å². The van der Waals surface area contributed by atoms with E-state index in [1.54, 1.807) is 24.3 Å². The molecule has 0 spiro atoms. The number of rotatable bonds is 1. The van der Waals surface area contributed by atoms with Gasteiger partial charge in [-0.05, 0) is 6.07 Å².